The molecular weight excluding hydrogens is 366 g/mol. The lowest BCUT2D eigenvalue weighted by atomic mass is 10.2. The lowest BCUT2D eigenvalue weighted by molar-refractivity contribution is -0.118. The van der Waals surface area contributed by atoms with Crippen LogP contribution < -0.4 is 19.5 Å². The first-order chi connectivity index (χ1) is 14.2. The van der Waals surface area contributed by atoms with E-state index in [1.54, 1.807) is 6.07 Å². The average molecular weight is 391 g/mol. The average Bonchev–Trinajstić information content (AvgIpc) is 2.77. The molecule has 0 aliphatic heterocycles. The maximum atomic E-state index is 12.3. The summed E-state index contributed by atoms with van der Waals surface area (Å²) in [5, 5.41) is 2.83. The lowest BCUT2D eigenvalue weighted by Crippen LogP contribution is -2.21. The SMILES string of the molecule is CCc1ccc(OCC(=O)Nc2ccccc2OCCOc2ccccc2)cc1. The summed E-state index contributed by atoms with van der Waals surface area (Å²) in [5.74, 6) is 1.80. The van der Waals surface area contributed by atoms with E-state index >= 15 is 0 Å². The highest BCUT2D eigenvalue weighted by molar-refractivity contribution is 5.93. The number of carbonyl (C=O) groups is 1. The van der Waals surface area contributed by atoms with Crippen LogP contribution in [0.5, 0.6) is 17.2 Å². The van der Waals surface area contributed by atoms with Gasteiger partial charge in [-0.1, -0.05) is 49.4 Å². The van der Waals surface area contributed by atoms with Crippen LogP contribution in [0.2, 0.25) is 0 Å². The van der Waals surface area contributed by atoms with Gasteiger partial charge in [0, 0.05) is 0 Å². The number of anilines is 1. The number of aryl methyl sites for hydroxylation is 1. The van der Waals surface area contributed by atoms with E-state index in [-0.39, 0.29) is 12.5 Å². The highest BCUT2D eigenvalue weighted by Gasteiger charge is 2.09. The molecule has 1 N–H and O–H groups in total. The molecule has 0 aliphatic carbocycles. The molecule has 0 unspecified atom stereocenters. The van der Waals surface area contributed by atoms with Gasteiger partial charge in [0.25, 0.3) is 5.91 Å². The summed E-state index contributed by atoms with van der Waals surface area (Å²) in [4.78, 5) is 12.3. The second-order valence-corrected chi connectivity index (χ2v) is 6.34. The fraction of sp³-hybridized carbons (Fsp3) is 0.208. The van der Waals surface area contributed by atoms with Crippen LogP contribution in [0.15, 0.2) is 78.9 Å². The Balaban J connectivity index is 1.46. The first-order valence-corrected chi connectivity index (χ1v) is 9.66. The van der Waals surface area contributed by atoms with Crippen LogP contribution >= 0.6 is 0 Å². The largest absolute Gasteiger partial charge is 0.490 e. The first kappa shape index (κ1) is 20.3. The molecule has 0 spiro atoms. The van der Waals surface area contributed by atoms with Crippen molar-refractivity contribution in [3.05, 3.63) is 84.4 Å². The molecule has 0 aliphatic rings. The third kappa shape index (κ3) is 6.57. The van der Waals surface area contributed by atoms with Gasteiger partial charge in [-0.15, -0.1) is 0 Å². The minimum Gasteiger partial charge on any atom is -0.490 e. The molecule has 0 saturated carbocycles. The molecule has 1 amide bonds. The Morgan fingerprint density at radius 2 is 1.41 bits per heavy atom. The maximum absolute atomic E-state index is 12.3. The summed E-state index contributed by atoms with van der Waals surface area (Å²) in [5.41, 5.74) is 1.83. The fourth-order valence-corrected chi connectivity index (χ4v) is 2.68. The molecule has 0 fully saturated rings. The topological polar surface area (TPSA) is 56.8 Å². The number of amides is 1. The van der Waals surface area contributed by atoms with Gasteiger partial charge < -0.3 is 19.5 Å². The van der Waals surface area contributed by atoms with Crippen LogP contribution in [-0.2, 0) is 11.2 Å². The molecule has 0 bridgehead atoms. The third-order valence-corrected chi connectivity index (χ3v) is 4.22. The summed E-state index contributed by atoms with van der Waals surface area (Å²) in [6, 6.07) is 24.6. The van der Waals surface area contributed by atoms with E-state index < -0.39 is 0 Å². The molecule has 0 heterocycles. The second-order valence-electron chi connectivity index (χ2n) is 6.34. The van der Waals surface area contributed by atoms with Gasteiger partial charge in [0.2, 0.25) is 0 Å². The number of para-hydroxylation sites is 3. The Morgan fingerprint density at radius 1 is 0.759 bits per heavy atom. The van der Waals surface area contributed by atoms with E-state index in [9.17, 15) is 4.79 Å². The van der Waals surface area contributed by atoms with E-state index in [0.29, 0.717) is 30.4 Å². The Bertz CT molecular complexity index is 894. The summed E-state index contributed by atoms with van der Waals surface area (Å²) < 4.78 is 16.9. The standard InChI is InChI=1S/C24H25NO4/c1-2-19-12-14-21(15-13-19)29-18-24(26)25-22-10-6-7-11-23(22)28-17-16-27-20-8-4-3-5-9-20/h3-15H,2,16-18H2,1H3,(H,25,26). The van der Waals surface area contributed by atoms with Gasteiger partial charge in [-0.2, -0.15) is 0 Å². The van der Waals surface area contributed by atoms with Gasteiger partial charge in [-0.25, -0.2) is 0 Å². The zero-order chi connectivity index (χ0) is 20.3. The zero-order valence-electron chi connectivity index (χ0n) is 16.5. The molecule has 5 nitrogen and oxygen atoms in total. The molecule has 3 aromatic rings. The number of nitrogens with one attached hydrogen (secondary N) is 1. The number of rotatable bonds is 10. The monoisotopic (exact) mass is 391 g/mol. The lowest BCUT2D eigenvalue weighted by Gasteiger charge is -2.13. The molecule has 150 valence electrons. The van der Waals surface area contributed by atoms with Gasteiger partial charge >= 0.3 is 0 Å². The molecule has 29 heavy (non-hydrogen) atoms. The molecule has 0 aromatic heterocycles. The quantitative estimate of drug-likeness (QED) is 0.508. The van der Waals surface area contributed by atoms with Crippen LogP contribution in [0.3, 0.4) is 0 Å². The predicted octanol–water partition coefficient (Wildman–Crippen LogP) is 4.72. The summed E-state index contributed by atoms with van der Waals surface area (Å²) in [6.45, 7) is 2.79. The Hall–Kier alpha value is -3.47. The van der Waals surface area contributed by atoms with Crippen molar-refractivity contribution < 1.29 is 19.0 Å². The number of benzene rings is 3. The molecule has 3 rings (SSSR count). The minimum absolute atomic E-state index is 0.0725. The van der Waals surface area contributed by atoms with Crippen molar-refractivity contribution in [1.29, 1.82) is 0 Å². The second kappa shape index (κ2) is 10.8. The third-order valence-electron chi connectivity index (χ3n) is 4.22. The van der Waals surface area contributed by atoms with Crippen LogP contribution in [0.25, 0.3) is 0 Å². The van der Waals surface area contributed by atoms with Crippen molar-refractivity contribution in [3.8, 4) is 17.2 Å². The predicted molar refractivity (Wildman–Crippen MR) is 114 cm³/mol. The molecule has 3 aromatic carbocycles. The van der Waals surface area contributed by atoms with E-state index in [0.717, 1.165) is 12.2 Å². The van der Waals surface area contributed by atoms with Gasteiger partial charge in [-0.3, -0.25) is 4.79 Å². The van der Waals surface area contributed by atoms with E-state index in [4.69, 9.17) is 14.2 Å². The van der Waals surface area contributed by atoms with Crippen LogP contribution in [-0.4, -0.2) is 25.7 Å². The maximum Gasteiger partial charge on any atom is 0.262 e. The number of ether oxygens (including phenoxy) is 3. The Kier molecular flexibility index (Phi) is 7.52. The molecule has 5 heteroatoms. The van der Waals surface area contributed by atoms with Crippen molar-refractivity contribution in [2.75, 3.05) is 25.1 Å². The van der Waals surface area contributed by atoms with Crippen molar-refractivity contribution >= 4 is 11.6 Å². The van der Waals surface area contributed by atoms with Gasteiger partial charge in [-0.05, 0) is 48.4 Å². The normalized spacial score (nSPS) is 10.2. The van der Waals surface area contributed by atoms with E-state index in [2.05, 4.69) is 12.2 Å². The van der Waals surface area contributed by atoms with Gasteiger partial charge in [0.1, 0.15) is 30.5 Å². The van der Waals surface area contributed by atoms with Crippen LogP contribution in [0, 0.1) is 0 Å². The summed E-state index contributed by atoms with van der Waals surface area (Å²) >= 11 is 0. The highest BCUT2D eigenvalue weighted by atomic mass is 16.5. The minimum atomic E-state index is -0.249. The number of hydrogen-bond acceptors (Lipinski definition) is 4. The van der Waals surface area contributed by atoms with Crippen molar-refractivity contribution in [3.63, 3.8) is 0 Å². The first-order valence-electron chi connectivity index (χ1n) is 9.66. The molecule has 0 saturated heterocycles. The molecule has 0 radical (unpaired) electrons. The molecular formula is C24H25NO4. The van der Waals surface area contributed by atoms with Gasteiger partial charge in [0.05, 0.1) is 5.69 Å². The highest BCUT2D eigenvalue weighted by Crippen LogP contribution is 2.24. The van der Waals surface area contributed by atoms with Crippen LogP contribution in [0.4, 0.5) is 5.69 Å². The van der Waals surface area contributed by atoms with E-state index in [1.165, 1.54) is 5.56 Å². The summed E-state index contributed by atoms with van der Waals surface area (Å²) in [6.07, 6.45) is 0.966. The van der Waals surface area contributed by atoms with Crippen molar-refractivity contribution in [2.24, 2.45) is 0 Å². The van der Waals surface area contributed by atoms with Crippen molar-refractivity contribution in [1.82, 2.24) is 0 Å². The van der Waals surface area contributed by atoms with E-state index in [1.807, 2.05) is 72.8 Å². The summed E-state index contributed by atoms with van der Waals surface area (Å²) in [7, 11) is 0. The van der Waals surface area contributed by atoms with Crippen molar-refractivity contribution in [2.45, 2.75) is 13.3 Å². The zero-order valence-corrected chi connectivity index (χ0v) is 16.5. The smallest absolute Gasteiger partial charge is 0.262 e. The molecule has 0 atom stereocenters. The number of carbonyl (C=O) groups excluding carboxylic acids is 1. The number of hydrogen-bond donors (Lipinski definition) is 1. The Morgan fingerprint density at radius 3 is 2.17 bits per heavy atom. The van der Waals surface area contributed by atoms with Gasteiger partial charge in [0.15, 0.2) is 6.61 Å². The fourth-order valence-electron chi connectivity index (χ4n) is 2.68. The van der Waals surface area contributed by atoms with Crippen LogP contribution in [0.1, 0.15) is 12.5 Å². The Labute approximate surface area is 171 Å².